The number of aryl methyl sites for hydroxylation is 3. The maximum absolute atomic E-state index is 14.6. The number of fused-ring (bicyclic) bond motifs is 4. The van der Waals surface area contributed by atoms with Crippen LogP contribution in [-0.4, -0.2) is 55.1 Å². The second-order valence-corrected chi connectivity index (χ2v) is 16.2. The molecule has 1 amide bonds. The molecule has 1 fully saturated rings. The highest BCUT2D eigenvalue weighted by molar-refractivity contribution is 7.92. The molecule has 4 bridgehead atoms. The van der Waals surface area contributed by atoms with E-state index in [0.29, 0.717) is 24.6 Å². The minimum Gasteiger partial charge on any atom is -0.475 e. The van der Waals surface area contributed by atoms with Crippen molar-refractivity contribution in [3.05, 3.63) is 100 Å². The van der Waals surface area contributed by atoms with E-state index in [2.05, 4.69) is 60.6 Å². The van der Waals surface area contributed by atoms with Crippen LogP contribution in [0.2, 0.25) is 0 Å². The van der Waals surface area contributed by atoms with Gasteiger partial charge in [-0.1, -0.05) is 63.2 Å². The second kappa shape index (κ2) is 13.9. The monoisotopic (exact) mass is 682 g/mol. The molecule has 1 aromatic heterocycles. The third kappa shape index (κ3) is 7.97. The highest BCUT2D eigenvalue weighted by Gasteiger charge is 2.32. The standard InChI is InChI=1S/C39H46N4O5S/c1-25-9-7-10-26(2)36(25)34-21-35-41-38(40-34)42-49(45,46)33-12-8-11-30(20-33)37(44)43(32(24-48-35)22-39(4,5)6)23-31-14-13-29(19-27(31)3)28-15-17-47-18-16-28/h7-14,19-21,28,32H,15-18,22-24H2,1-6H3,(H,40,41,42)/t32-/m1/s1. The van der Waals surface area contributed by atoms with Gasteiger partial charge in [0.25, 0.3) is 15.9 Å². The fraction of sp³-hybridized carbons (Fsp3) is 0.410. The fourth-order valence-electron chi connectivity index (χ4n) is 6.91. The molecule has 2 aliphatic rings. The molecular weight excluding hydrogens is 637 g/mol. The van der Waals surface area contributed by atoms with E-state index in [4.69, 9.17) is 9.47 Å². The van der Waals surface area contributed by atoms with Gasteiger partial charge >= 0.3 is 0 Å². The Morgan fingerprint density at radius 2 is 1.61 bits per heavy atom. The summed E-state index contributed by atoms with van der Waals surface area (Å²) in [6, 6.07) is 20.0. The number of amides is 1. The molecule has 1 atom stereocenters. The normalized spacial score (nSPS) is 18.4. The van der Waals surface area contributed by atoms with Gasteiger partial charge in [-0.05, 0) is 97.4 Å². The van der Waals surface area contributed by atoms with Gasteiger partial charge in [-0.25, -0.2) is 18.1 Å². The number of nitrogens with one attached hydrogen (secondary N) is 1. The van der Waals surface area contributed by atoms with E-state index < -0.39 is 10.0 Å². The number of hydrogen-bond donors (Lipinski definition) is 1. The number of ether oxygens (including phenoxy) is 2. The summed E-state index contributed by atoms with van der Waals surface area (Å²) >= 11 is 0. The van der Waals surface area contributed by atoms with E-state index in [-0.39, 0.29) is 46.3 Å². The molecule has 4 aromatic rings. The lowest BCUT2D eigenvalue weighted by Crippen LogP contribution is -2.45. The predicted molar refractivity (Wildman–Crippen MR) is 191 cm³/mol. The fourth-order valence-corrected chi connectivity index (χ4v) is 7.90. The summed E-state index contributed by atoms with van der Waals surface area (Å²) in [7, 11) is -4.15. The van der Waals surface area contributed by atoms with Gasteiger partial charge in [-0.15, -0.1) is 0 Å². The van der Waals surface area contributed by atoms with Crippen molar-refractivity contribution in [2.45, 2.75) is 84.2 Å². The van der Waals surface area contributed by atoms with E-state index in [1.165, 1.54) is 17.7 Å². The Morgan fingerprint density at radius 3 is 2.31 bits per heavy atom. The number of nitrogens with zero attached hydrogens (tertiary/aromatic N) is 3. The molecule has 6 rings (SSSR count). The molecule has 3 aromatic carbocycles. The molecule has 258 valence electrons. The summed E-state index contributed by atoms with van der Waals surface area (Å²) in [6.45, 7) is 14.5. The maximum Gasteiger partial charge on any atom is 0.264 e. The summed E-state index contributed by atoms with van der Waals surface area (Å²) in [5.41, 5.74) is 6.95. The van der Waals surface area contributed by atoms with Gasteiger partial charge in [0, 0.05) is 37.0 Å². The first-order valence-corrected chi connectivity index (χ1v) is 18.5. The zero-order chi connectivity index (χ0) is 34.9. The zero-order valence-corrected chi connectivity index (χ0v) is 30.1. The first-order chi connectivity index (χ1) is 23.3. The number of rotatable bonds is 5. The number of anilines is 1. The lowest BCUT2D eigenvalue weighted by Gasteiger charge is -2.36. The Morgan fingerprint density at radius 1 is 0.898 bits per heavy atom. The van der Waals surface area contributed by atoms with Crippen molar-refractivity contribution < 1.29 is 22.7 Å². The van der Waals surface area contributed by atoms with Crippen LogP contribution in [0, 0.1) is 26.2 Å². The Labute approximate surface area is 290 Å². The van der Waals surface area contributed by atoms with Gasteiger partial charge in [0.1, 0.15) is 6.61 Å². The van der Waals surface area contributed by atoms with Crippen LogP contribution in [0.3, 0.4) is 0 Å². The number of carbonyl (C=O) groups is 1. The smallest absolute Gasteiger partial charge is 0.264 e. The molecule has 9 nitrogen and oxygen atoms in total. The van der Waals surface area contributed by atoms with Gasteiger partial charge < -0.3 is 14.4 Å². The predicted octanol–water partition coefficient (Wildman–Crippen LogP) is 7.60. The van der Waals surface area contributed by atoms with E-state index >= 15 is 0 Å². The third-order valence-electron chi connectivity index (χ3n) is 9.43. The first kappa shape index (κ1) is 34.6. The number of benzene rings is 3. The van der Waals surface area contributed by atoms with Crippen LogP contribution in [0.25, 0.3) is 11.3 Å². The zero-order valence-electron chi connectivity index (χ0n) is 29.2. The molecule has 0 spiro atoms. The average Bonchev–Trinajstić information content (AvgIpc) is 3.05. The Bertz CT molecular complexity index is 1940. The highest BCUT2D eigenvalue weighted by Crippen LogP contribution is 2.33. The van der Waals surface area contributed by atoms with Gasteiger partial charge in [0.05, 0.1) is 16.6 Å². The quantitative estimate of drug-likeness (QED) is 0.231. The molecular formula is C39H46N4O5S. The Kier molecular flexibility index (Phi) is 9.82. The lowest BCUT2D eigenvalue weighted by molar-refractivity contribution is 0.0512. The molecule has 1 N–H and O–H groups in total. The Hall–Kier alpha value is -4.28. The van der Waals surface area contributed by atoms with E-state index in [0.717, 1.165) is 53.9 Å². The van der Waals surface area contributed by atoms with E-state index in [9.17, 15) is 13.2 Å². The van der Waals surface area contributed by atoms with Crippen molar-refractivity contribution in [3.8, 4) is 17.1 Å². The van der Waals surface area contributed by atoms with Crippen LogP contribution in [0.4, 0.5) is 5.95 Å². The molecule has 1 saturated heterocycles. The molecule has 3 heterocycles. The molecule has 2 aliphatic heterocycles. The van der Waals surface area contributed by atoms with Gasteiger partial charge in [-0.3, -0.25) is 4.79 Å². The van der Waals surface area contributed by atoms with Crippen LogP contribution < -0.4 is 9.46 Å². The number of aromatic nitrogens is 2. The second-order valence-electron chi connectivity index (χ2n) is 14.6. The summed E-state index contributed by atoms with van der Waals surface area (Å²) < 4.78 is 42.0. The van der Waals surface area contributed by atoms with Crippen LogP contribution in [0.15, 0.2) is 71.6 Å². The average molecular weight is 683 g/mol. The van der Waals surface area contributed by atoms with Crippen molar-refractivity contribution in [1.82, 2.24) is 14.9 Å². The van der Waals surface area contributed by atoms with Crippen LogP contribution in [0.5, 0.6) is 5.88 Å². The van der Waals surface area contributed by atoms with Crippen molar-refractivity contribution in [2.24, 2.45) is 5.41 Å². The highest BCUT2D eigenvalue weighted by atomic mass is 32.2. The number of sulfonamides is 1. The maximum atomic E-state index is 14.6. The lowest BCUT2D eigenvalue weighted by atomic mass is 9.87. The van der Waals surface area contributed by atoms with Gasteiger partial charge in [0.2, 0.25) is 11.8 Å². The molecule has 0 aliphatic carbocycles. The minimum absolute atomic E-state index is 0.0505. The van der Waals surface area contributed by atoms with Crippen LogP contribution >= 0.6 is 0 Å². The minimum atomic E-state index is -4.15. The summed E-state index contributed by atoms with van der Waals surface area (Å²) in [6.07, 6.45) is 2.63. The topological polar surface area (TPSA) is 111 Å². The first-order valence-electron chi connectivity index (χ1n) is 17.0. The van der Waals surface area contributed by atoms with Crippen molar-refractivity contribution in [1.29, 1.82) is 0 Å². The molecule has 0 unspecified atom stereocenters. The van der Waals surface area contributed by atoms with E-state index in [1.807, 2.05) is 36.9 Å². The molecule has 49 heavy (non-hydrogen) atoms. The van der Waals surface area contributed by atoms with Crippen molar-refractivity contribution in [2.75, 3.05) is 24.5 Å². The van der Waals surface area contributed by atoms with Crippen molar-refractivity contribution in [3.63, 3.8) is 0 Å². The summed E-state index contributed by atoms with van der Waals surface area (Å²) in [5.74, 6) is 0.312. The SMILES string of the molecule is Cc1cc(C2CCOCC2)ccc1CN1C(=O)c2cccc(c2)S(=O)(=O)Nc2nc(cc(-c3c(C)cccc3C)n2)OC[C@H]1CC(C)(C)C. The summed E-state index contributed by atoms with van der Waals surface area (Å²) in [4.78, 5) is 25.5. The largest absolute Gasteiger partial charge is 0.475 e. The van der Waals surface area contributed by atoms with Gasteiger partial charge in [0.15, 0.2) is 0 Å². The number of hydrogen-bond acceptors (Lipinski definition) is 7. The van der Waals surface area contributed by atoms with Crippen LogP contribution in [-0.2, 0) is 21.3 Å². The third-order valence-corrected chi connectivity index (χ3v) is 10.8. The van der Waals surface area contributed by atoms with Crippen LogP contribution in [0.1, 0.15) is 84.1 Å². The van der Waals surface area contributed by atoms with Gasteiger partial charge in [-0.2, -0.15) is 4.98 Å². The van der Waals surface area contributed by atoms with Crippen molar-refractivity contribution >= 4 is 21.9 Å². The Balaban J connectivity index is 1.45. The molecule has 0 radical (unpaired) electrons. The number of carbonyl (C=O) groups excluding carboxylic acids is 1. The molecule has 10 heteroatoms. The summed E-state index contributed by atoms with van der Waals surface area (Å²) in [5, 5.41) is 0. The van der Waals surface area contributed by atoms with E-state index in [1.54, 1.807) is 18.2 Å². The molecule has 0 saturated carbocycles.